The van der Waals surface area contributed by atoms with Crippen LogP contribution in [0.4, 0.5) is 0 Å². The maximum Gasteiger partial charge on any atom is 0.272 e. The molecule has 0 bridgehead atoms. The number of aromatic nitrogens is 3. The molecule has 0 saturated heterocycles. The van der Waals surface area contributed by atoms with E-state index >= 15 is 0 Å². The van der Waals surface area contributed by atoms with Crippen molar-refractivity contribution in [3.8, 4) is 17.0 Å². The summed E-state index contributed by atoms with van der Waals surface area (Å²) in [5.41, 5.74) is 5.62. The predicted molar refractivity (Wildman–Crippen MR) is 107 cm³/mol. The van der Waals surface area contributed by atoms with Gasteiger partial charge in [-0.3, -0.25) is 14.3 Å². The quantitative estimate of drug-likeness (QED) is 0.689. The zero-order valence-electron chi connectivity index (χ0n) is 16.7. The van der Waals surface area contributed by atoms with Gasteiger partial charge in [0.25, 0.3) is 5.56 Å². The lowest BCUT2D eigenvalue weighted by molar-refractivity contribution is 0.162. The van der Waals surface area contributed by atoms with Gasteiger partial charge >= 0.3 is 0 Å². The third kappa shape index (κ3) is 3.32. The zero-order valence-corrected chi connectivity index (χ0v) is 16.7. The van der Waals surface area contributed by atoms with Gasteiger partial charge in [-0.15, -0.1) is 0 Å². The van der Waals surface area contributed by atoms with E-state index in [0.29, 0.717) is 17.8 Å². The maximum absolute atomic E-state index is 12.8. The number of benzene rings is 1. The summed E-state index contributed by atoms with van der Waals surface area (Å²) in [5.74, 6) is 0.839. The van der Waals surface area contributed by atoms with Crippen LogP contribution >= 0.6 is 0 Å². The van der Waals surface area contributed by atoms with Crippen molar-refractivity contribution in [3.05, 3.63) is 51.6 Å². The van der Waals surface area contributed by atoms with Crippen LogP contribution in [0.2, 0.25) is 0 Å². The number of aryl methyl sites for hydroxylation is 3. The molecule has 3 rings (SSSR count). The molecule has 0 unspecified atom stereocenters. The van der Waals surface area contributed by atoms with E-state index in [1.165, 1.54) is 0 Å². The van der Waals surface area contributed by atoms with E-state index in [2.05, 4.69) is 16.0 Å². The van der Waals surface area contributed by atoms with Crippen LogP contribution in [0, 0.1) is 20.8 Å². The fourth-order valence-corrected chi connectivity index (χ4v) is 3.46. The number of methoxy groups -OCH3 is 2. The highest BCUT2D eigenvalue weighted by molar-refractivity contribution is 5.90. The first-order chi connectivity index (χ1) is 12.9. The van der Waals surface area contributed by atoms with Crippen molar-refractivity contribution in [2.75, 3.05) is 20.8 Å². The Hall–Kier alpha value is -2.73. The first kappa shape index (κ1) is 19.0. The smallest absolute Gasteiger partial charge is 0.272 e. The Bertz CT molecular complexity index is 1060. The fraction of sp³-hybridized carbons (Fsp3) is 0.381. The molecule has 2 heterocycles. The van der Waals surface area contributed by atoms with E-state index < -0.39 is 0 Å². The van der Waals surface area contributed by atoms with Gasteiger partial charge in [-0.25, -0.2) is 4.98 Å². The number of hydrogen-bond acceptors (Lipinski definition) is 5. The summed E-state index contributed by atoms with van der Waals surface area (Å²) in [6, 6.07) is 5.79. The summed E-state index contributed by atoms with van der Waals surface area (Å²) in [7, 11) is 3.30. The minimum Gasteiger partial charge on any atom is -0.496 e. The normalized spacial score (nSPS) is 12.4. The van der Waals surface area contributed by atoms with Crippen molar-refractivity contribution < 1.29 is 9.47 Å². The van der Waals surface area contributed by atoms with Gasteiger partial charge in [0.1, 0.15) is 17.0 Å². The molecule has 0 radical (unpaired) electrons. The van der Waals surface area contributed by atoms with Gasteiger partial charge in [0.15, 0.2) is 0 Å². The second kappa shape index (κ2) is 7.48. The summed E-state index contributed by atoms with van der Waals surface area (Å²) >= 11 is 0. The SMILES string of the molecule is COC[C@H](C)n1c(=O)c(C)nc2c(-c3cc(C)c(OC)cc3C)nccc21. The number of nitrogens with zero attached hydrogens (tertiary/aromatic N) is 3. The summed E-state index contributed by atoms with van der Waals surface area (Å²) in [6.45, 7) is 8.17. The van der Waals surface area contributed by atoms with Crippen molar-refractivity contribution in [2.45, 2.75) is 33.7 Å². The van der Waals surface area contributed by atoms with E-state index in [0.717, 1.165) is 33.7 Å². The second-order valence-electron chi connectivity index (χ2n) is 6.84. The molecule has 0 fully saturated rings. The van der Waals surface area contributed by atoms with Crippen LogP contribution in [-0.2, 0) is 4.74 Å². The molecule has 6 nitrogen and oxygen atoms in total. The molecule has 0 N–H and O–H groups in total. The van der Waals surface area contributed by atoms with Gasteiger partial charge < -0.3 is 9.47 Å². The number of ether oxygens (including phenoxy) is 2. The van der Waals surface area contributed by atoms with Crippen LogP contribution in [0.1, 0.15) is 29.8 Å². The Labute approximate surface area is 158 Å². The Morgan fingerprint density at radius 3 is 2.56 bits per heavy atom. The first-order valence-electron chi connectivity index (χ1n) is 8.91. The zero-order chi connectivity index (χ0) is 19.7. The van der Waals surface area contributed by atoms with Crippen LogP contribution in [0.3, 0.4) is 0 Å². The molecule has 27 heavy (non-hydrogen) atoms. The third-order valence-electron chi connectivity index (χ3n) is 4.82. The lowest BCUT2D eigenvalue weighted by atomic mass is 10.00. The Morgan fingerprint density at radius 1 is 1.15 bits per heavy atom. The van der Waals surface area contributed by atoms with Crippen molar-refractivity contribution in [1.29, 1.82) is 0 Å². The average Bonchev–Trinajstić information content (AvgIpc) is 2.64. The van der Waals surface area contributed by atoms with Crippen molar-refractivity contribution >= 4 is 11.0 Å². The molecule has 1 aromatic carbocycles. The van der Waals surface area contributed by atoms with Crippen LogP contribution in [0.5, 0.6) is 5.75 Å². The number of rotatable bonds is 5. The molecule has 0 aliphatic carbocycles. The highest BCUT2D eigenvalue weighted by atomic mass is 16.5. The molecule has 6 heteroatoms. The molecule has 0 amide bonds. The number of pyridine rings is 1. The molecule has 0 saturated carbocycles. The minimum atomic E-state index is -0.111. The molecular formula is C21H25N3O3. The summed E-state index contributed by atoms with van der Waals surface area (Å²) in [4.78, 5) is 22.0. The fourth-order valence-electron chi connectivity index (χ4n) is 3.46. The molecule has 2 aromatic heterocycles. The standard InChI is InChI=1S/C21H25N3O3/c1-12-10-18(27-6)13(2)9-16(12)19-20-17(7-8-22-19)24(14(3)11-26-5)21(25)15(4)23-20/h7-10,14H,11H2,1-6H3/t14-/m0/s1. The first-order valence-corrected chi connectivity index (χ1v) is 8.91. The highest BCUT2D eigenvalue weighted by Crippen LogP contribution is 2.32. The average molecular weight is 367 g/mol. The van der Waals surface area contributed by atoms with Gasteiger partial charge in [0.05, 0.1) is 31.0 Å². The summed E-state index contributed by atoms with van der Waals surface area (Å²) in [5, 5.41) is 0. The summed E-state index contributed by atoms with van der Waals surface area (Å²) in [6.07, 6.45) is 1.73. The van der Waals surface area contributed by atoms with Crippen LogP contribution < -0.4 is 10.3 Å². The summed E-state index contributed by atoms with van der Waals surface area (Å²) < 4.78 is 12.4. The molecule has 0 spiro atoms. The van der Waals surface area contributed by atoms with Crippen molar-refractivity contribution in [2.24, 2.45) is 0 Å². The minimum absolute atomic E-state index is 0.105. The lowest BCUT2D eigenvalue weighted by Crippen LogP contribution is -2.29. The number of fused-ring (bicyclic) bond motifs is 1. The van der Waals surface area contributed by atoms with E-state index in [1.807, 2.05) is 32.9 Å². The van der Waals surface area contributed by atoms with E-state index in [1.54, 1.807) is 31.9 Å². The third-order valence-corrected chi connectivity index (χ3v) is 4.82. The second-order valence-corrected chi connectivity index (χ2v) is 6.84. The topological polar surface area (TPSA) is 66.2 Å². The van der Waals surface area contributed by atoms with Gasteiger partial charge in [-0.05, 0) is 57.0 Å². The molecule has 0 aliphatic rings. The number of hydrogen-bond donors (Lipinski definition) is 0. The van der Waals surface area contributed by atoms with Gasteiger partial charge in [0, 0.05) is 18.9 Å². The van der Waals surface area contributed by atoms with Crippen LogP contribution in [-0.4, -0.2) is 35.4 Å². The van der Waals surface area contributed by atoms with Gasteiger partial charge in [0.2, 0.25) is 0 Å². The van der Waals surface area contributed by atoms with Gasteiger partial charge in [-0.1, -0.05) is 0 Å². The monoisotopic (exact) mass is 367 g/mol. The van der Waals surface area contributed by atoms with E-state index in [9.17, 15) is 4.79 Å². The van der Waals surface area contributed by atoms with Crippen molar-refractivity contribution in [1.82, 2.24) is 14.5 Å². The Balaban J connectivity index is 2.34. The van der Waals surface area contributed by atoms with E-state index in [4.69, 9.17) is 9.47 Å². The largest absolute Gasteiger partial charge is 0.496 e. The molecule has 142 valence electrons. The molecular weight excluding hydrogens is 342 g/mol. The van der Waals surface area contributed by atoms with Crippen molar-refractivity contribution in [3.63, 3.8) is 0 Å². The van der Waals surface area contributed by atoms with Gasteiger partial charge in [-0.2, -0.15) is 0 Å². The molecule has 1 atom stereocenters. The van der Waals surface area contributed by atoms with Crippen LogP contribution in [0.15, 0.2) is 29.2 Å². The Morgan fingerprint density at radius 2 is 1.89 bits per heavy atom. The molecule has 3 aromatic rings. The molecule has 0 aliphatic heterocycles. The lowest BCUT2D eigenvalue weighted by Gasteiger charge is -2.19. The highest BCUT2D eigenvalue weighted by Gasteiger charge is 2.18. The van der Waals surface area contributed by atoms with E-state index in [-0.39, 0.29) is 11.6 Å². The predicted octanol–water partition coefficient (Wildman–Crippen LogP) is 3.60. The Kier molecular flexibility index (Phi) is 5.28. The van der Waals surface area contributed by atoms with Crippen LogP contribution in [0.25, 0.3) is 22.3 Å². The maximum atomic E-state index is 12.8.